The van der Waals surface area contributed by atoms with Crippen LogP contribution in [0.1, 0.15) is 12.6 Å². The van der Waals surface area contributed by atoms with Gasteiger partial charge in [-0.1, -0.05) is 0 Å². The molecule has 0 atom stereocenters. The molecule has 0 unspecified atom stereocenters. The van der Waals surface area contributed by atoms with E-state index in [0.717, 1.165) is 0 Å². The van der Waals surface area contributed by atoms with Crippen molar-refractivity contribution in [1.29, 1.82) is 0 Å². The van der Waals surface area contributed by atoms with E-state index in [4.69, 9.17) is 0 Å². The SMILES string of the molecule is CC1=Cc2ncncc2S(=O)(=O)N1C. The highest BCUT2D eigenvalue weighted by atomic mass is 32.2. The van der Waals surface area contributed by atoms with Gasteiger partial charge in [0.25, 0.3) is 10.0 Å². The Morgan fingerprint density at radius 2 is 2.14 bits per heavy atom. The molecule has 0 saturated carbocycles. The quantitative estimate of drug-likeness (QED) is 0.626. The highest BCUT2D eigenvalue weighted by Gasteiger charge is 2.28. The highest BCUT2D eigenvalue weighted by molar-refractivity contribution is 7.89. The summed E-state index contributed by atoms with van der Waals surface area (Å²) in [5, 5.41) is 0. The molecule has 0 radical (unpaired) electrons. The standard InChI is InChI=1S/C8H9N3O2S/c1-6-3-7-8(4-9-5-10-7)14(12,13)11(6)2/h3-5H,1-2H3. The molecular formula is C8H9N3O2S. The molecule has 74 valence electrons. The Hall–Kier alpha value is -1.43. The third kappa shape index (κ3) is 1.11. The van der Waals surface area contributed by atoms with Crippen LogP contribution in [0.2, 0.25) is 0 Å². The first kappa shape index (κ1) is 9.14. The summed E-state index contributed by atoms with van der Waals surface area (Å²) in [5.74, 6) is 0. The summed E-state index contributed by atoms with van der Waals surface area (Å²) in [7, 11) is -1.92. The molecule has 0 amide bonds. The van der Waals surface area contributed by atoms with Gasteiger partial charge in [-0.3, -0.25) is 4.31 Å². The van der Waals surface area contributed by atoms with E-state index in [0.29, 0.717) is 11.4 Å². The molecule has 0 saturated heterocycles. The number of nitrogens with zero attached hydrogens (tertiary/aromatic N) is 3. The van der Waals surface area contributed by atoms with Crippen LogP contribution in [0, 0.1) is 0 Å². The van der Waals surface area contributed by atoms with Crippen LogP contribution in [0.4, 0.5) is 0 Å². The second-order valence-electron chi connectivity index (χ2n) is 3.03. The molecule has 0 fully saturated rings. The topological polar surface area (TPSA) is 63.2 Å². The Morgan fingerprint density at radius 1 is 1.43 bits per heavy atom. The molecule has 1 aliphatic heterocycles. The van der Waals surface area contributed by atoms with Crippen molar-refractivity contribution < 1.29 is 8.42 Å². The van der Waals surface area contributed by atoms with Crippen LogP contribution < -0.4 is 0 Å². The minimum atomic E-state index is -3.43. The van der Waals surface area contributed by atoms with E-state index < -0.39 is 10.0 Å². The van der Waals surface area contributed by atoms with Crippen LogP contribution in [-0.4, -0.2) is 29.7 Å². The largest absolute Gasteiger partial charge is 0.273 e. The number of rotatable bonds is 0. The monoisotopic (exact) mass is 211 g/mol. The predicted molar refractivity (Wildman–Crippen MR) is 50.6 cm³/mol. The van der Waals surface area contributed by atoms with Gasteiger partial charge < -0.3 is 0 Å². The van der Waals surface area contributed by atoms with Gasteiger partial charge in [0.2, 0.25) is 0 Å². The van der Waals surface area contributed by atoms with Crippen LogP contribution >= 0.6 is 0 Å². The second-order valence-corrected chi connectivity index (χ2v) is 4.97. The zero-order valence-corrected chi connectivity index (χ0v) is 8.61. The van der Waals surface area contributed by atoms with Crippen LogP contribution in [-0.2, 0) is 10.0 Å². The average Bonchev–Trinajstić information content (AvgIpc) is 2.15. The van der Waals surface area contributed by atoms with Crippen molar-refractivity contribution >= 4 is 16.1 Å². The number of aromatic nitrogens is 2. The fraction of sp³-hybridized carbons (Fsp3) is 0.250. The Morgan fingerprint density at radius 3 is 2.86 bits per heavy atom. The molecule has 6 heteroatoms. The van der Waals surface area contributed by atoms with Crippen LogP contribution in [0.5, 0.6) is 0 Å². The molecule has 0 aromatic carbocycles. The minimum Gasteiger partial charge on any atom is -0.273 e. The number of sulfonamides is 1. The van der Waals surface area contributed by atoms with Crippen molar-refractivity contribution in [3.8, 4) is 0 Å². The fourth-order valence-electron chi connectivity index (χ4n) is 1.26. The Kier molecular flexibility index (Phi) is 1.81. The maximum absolute atomic E-state index is 11.8. The van der Waals surface area contributed by atoms with Crippen molar-refractivity contribution in [1.82, 2.24) is 14.3 Å². The van der Waals surface area contributed by atoms with Crippen LogP contribution in [0.3, 0.4) is 0 Å². The van der Waals surface area contributed by atoms with E-state index in [1.165, 1.54) is 23.9 Å². The maximum Gasteiger partial charge on any atom is 0.267 e. The molecule has 2 heterocycles. The van der Waals surface area contributed by atoms with Crippen molar-refractivity contribution in [2.75, 3.05) is 7.05 Å². The lowest BCUT2D eigenvalue weighted by atomic mass is 10.3. The minimum absolute atomic E-state index is 0.160. The third-order valence-electron chi connectivity index (χ3n) is 2.19. The molecule has 14 heavy (non-hydrogen) atoms. The van der Waals surface area contributed by atoms with Gasteiger partial charge in [0.05, 0.1) is 11.9 Å². The molecule has 1 aromatic heterocycles. The zero-order chi connectivity index (χ0) is 10.3. The van der Waals surface area contributed by atoms with Crippen LogP contribution in [0.25, 0.3) is 6.08 Å². The first-order valence-corrected chi connectivity index (χ1v) is 5.45. The van der Waals surface area contributed by atoms with E-state index in [1.54, 1.807) is 13.0 Å². The first-order valence-electron chi connectivity index (χ1n) is 4.01. The lowest BCUT2D eigenvalue weighted by molar-refractivity contribution is 0.521. The molecule has 0 bridgehead atoms. The summed E-state index contributed by atoms with van der Waals surface area (Å²) < 4.78 is 24.9. The number of hydrogen-bond donors (Lipinski definition) is 0. The average molecular weight is 211 g/mol. The zero-order valence-electron chi connectivity index (χ0n) is 7.80. The Balaban J connectivity index is 2.79. The number of hydrogen-bond acceptors (Lipinski definition) is 4. The Bertz CT molecular complexity index is 507. The van der Waals surface area contributed by atoms with Gasteiger partial charge in [-0.05, 0) is 13.0 Å². The maximum atomic E-state index is 11.8. The smallest absolute Gasteiger partial charge is 0.267 e. The lowest BCUT2D eigenvalue weighted by Crippen LogP contribution is -2.29. The van der Waals surface area contributed by atoms with Crippen molar-refractivity contribution in [2.24, 2.45) is 0 Å². The summed E-state index contributed by atoms with van der Waals surface area (Å²) in [6.45, 7) is 1.72. The summed E-state index contributed by atoms with van der Waals surface area (Å²) in [5.41, 5.74) is 1.10. The fourth-order valence-corrected chi connectivity index (χ4v) is 2.56. The molecular weight excluding hydrogens is 202 g/mol. The summed E-state index contributed by atoms with van der Waals surface area (Å²) in [4.78, 5) is 7.77. The number of allylic oxidation sites excluding steroid dienone is 1. The second kappa shape index (κ2) is 2.78. The molecule has 2 rings (SSSR count). The third-order valence-corrected chi connectivity index (χ3v) is 4.07. The molecule has 1 aliphatic rings. The highest BCUT2D eigenvalue weighted by Crippen LogP contribution is 2.26. The van der Waals surface area contributed by atoms with Crippen molar-refractivity contribution in [2.45, 2.75) is 11.8 Å². The van der Waals surface area contributed by atoms with E-state index in [-0.39, 0.29) is 4.90 Å². The molecule has 0 spiro atoms. The van der Waals surface area contributed by atoms with Gasteiger partial charge in [0, 0.05) is 12.7 Å². The van der Waals surface area contributed by atoms with Gasteiger partial charge >= 0.3 is 0 Å². The van der Waals surface area contributed by atoms with E-state index >= 15 is 0 Å². The van der Waals surface area contributed by atoms with Gasteiger partial charge in [-0.2, -0.15) is 0 Å². The summed E-state index contributed by atoms with van der Waals surface area (Å²) in [6, 6.07) is 0. The molecule has 5 nitrogen and oxygen atoms in total. The molecule has 0 N–H and O–H groups in total. The van der Waals surface area contributed by atoms with E-state index in [1.807, 2.05) is 0 Å². The number of fused-ring (bicyclic) bond motifs is 1. The predicted octanol–water partition coefficient (Wildman–Crippen LogP) is 0.472. The van der Waals surface area contributed by atoms with Gasteiger partial charge in [0.15, 0.2) is 0 Å². The summed E-state index contributed by atoms with van der Waals surface area (Å²) >= 11 is 0. The van der Waals surface area contributed by atoms with Gasteiger partial charge in [0.1, 0.15) is 11.2 Å². The van der Waals surface area contributed by atoms with Crippen molar-refractivity contribution in [3.63, 3.8) is 0 Å². The molecule has 0 aliphatic carbocycles. The summed E-state index contributed by atoms with van der Waals surface area (Å²) in [6.07, 6.45) is 4.37. The molecule has 1 aromatic rings. The van der Waals surface area contributed by atoms with Crippen LogP contribution in [0.15, 0.2) is 23.1 Å². The van der Waals surface area contributed by atoms with Gasteiger partial charge in [-0.25, -0.2) is 18.4 Å². The Labute approximate surface area is 82.2 Å². The van der Waals surface area contributed by atoms with Crippen molar-refractivity contribution in [3.05, 3.63) is 23.9 Å². The lowest BCUT2D eigenvalue weighted by Gasteiger charge is -2.24. The van der Waals surface area contributed by atoms with E-state index in [2.05, 4.69) is 9.97 Å². The van der Waals surface area contributed by atoms with Gasteiger partial charge in [-0.15, -0.1) is 0 Å². The normalized spacial score (nSPS) is 18.7. The first-order chi connectivity index (χ1) is 6.53. The van der Waals surface area contributed by atoms with E-state index in [9.17, 15) is 8.42 Å².